The van der Waals surface area contributed by atoms with Gasteiger partial charge in [-0.25, -0.2) is 0 Å². The van der Waals surface area contributed by atoms with Gasteiger partial charge in [-0.1, -0.05) is 98.8 Å². The summed E-state index contributed by atoms with van der Waals surface area (Å²) in [6, 6.07) is 0.671. The first-order valence-electron chi connectivity index (χ1n) is 14.0. The smallest absolute Gasteiger partial charge is 0.106 e. The Morgan fingerprint density at radius 3 is 2.10 bits per heavy atom. The van der Waals surface area contributed by atoms with Gasteiger partial charge in [0.15, 0.2) is 0 Å². The summed E-state index contributed by atoms with van der Waals surface area (Å²) in [6.45, 7) is 15.3. The van der Waals surface area contributed by atoms with E-state index in [0.717, 1.165) is 23.6 Å². The molecule has 0 spiro atoms. The molecule has 1 saturated heterocycles. The van der Waals surface area contributed by atoms with Crippen LogP contribution in [0.3, 0.4) is 0 Å². The summed E-state index contributed by atoms with van der Waals surface area (Å²) in [5.74, 6) is 1.69. The van der Waals surface area contributed by atoms with Crippen LogP contribution < -0.4 is 16.0 Å². The second-order valence-electron chi connectivity index (χ2n) is 10.0. The van der Waals surface area contributed by atoms with Crippen molar-refractivity contribution in [1.82, 2.24) is 16.0 Å². The highest BCUT2D eigenvalue weighted by atomic mass is 32.2. The molecule has 1 heterocycles. The molecule has 0 radical (unpaired) electrons. The monoisotopic (exact) mass is 455 g/mol. The number of rotatable bonds is 21. The Kier molecular flexibility index (Phi) is 18.6. The average molecular weight is 456 g/mol. The summed E-state index contributed by atoms with van der Waals surface area (Å²) >= 11 is 2.07. The van der Waals surface area contributed by atoms with Crippen LogP contribution in [0.2, 0.25) is 0 Å². The first-order chi connectivity index (χ1) is 15.1. The van der Waals surface area contributed by atoms with Crippen molar-refractivity contribution < 1.29 is 0 Å². The van der Waals surface area contributed by atoms with Gasteiger partial charge in [-0.3, -0.25) is 10.6 Å². The van der Waals surface area contributed by atoms with Gasteiger partial charge in [0.25, 0.3) is 0 Å². The number of hydrogen-bond donors (Lipinski definition) is 3. The van der Waals surface area contributed by atoms with E-state index in [1.54, 1.807) is 0 Å². The molecule has 3 N–H and O–H groups in total. The number of nitrogens with one attached hydrogen (secondary N) is 3. The van der Waals surface area contributed by atoms with E-state index >= 15 is 0 Å². The van der Waals surface area contributed by atoms with Gasteiger partial charge in [-0.05, 0) is 57.2 Å². The number of thioether (sulfide) groups is 1. The third kappa shape index (κ3) is 14.2. The lowest BCUT2D eigenvalue weighted by Crippen LogP contribution is -2.40. The second kappa shape index (κ2) is 19.7. The van der Waals surface area contributed by atoms with Crippen LogP contribution in [-0.2, 0) is 0 Å². The third-order valence-corrected chi connectivity index (χ3v) is 8.62. The predicted molar refractivity (Wildman–Crippen MR) is 143 cm³/mol. The van der Waals surface area contributed by atoms with Crippen molar-refractivity contribution >= 4 is 11.8 Å². The van der Waals surface area contributed by atoms with Gasteiger partial charge in [0, 0.05) is 11.3 Å². The molecule has 4 heteroatoms. The van der Waals surface area contributed by atoms with E-state index in [-0.39, 0.29) is 0 Å². The Hall–Kier alpha value is 0.230. The summed E-state index contributed by atoms with van der Waals surface area (Å²) in [4.78, 5) is 0. The highest BCUT2D eigenvalue weighted by Crippen LogP contribution is 2.28. The van der Waals surface area contributed by atoms with E-state index < -0.39 is 0 Å². The normalized spacial score (nSPS) is 23.3. The fourth-order valence-corrected chi connectivity index (χ4v) is 6.25. The van der Waals surface area contributed by atoms with E-state index in [9.17, 15) is 0 Å². The summed E-state index contributed by atoms with van der Waals surface area (Å²) in [6.07, 6.45) is 19.3. The minimum Gasteiger partial charge on any atom is -0.317 e. The molecule has 31 heavy (non-hydrogen) atoms. The van der Waals surface area contributed by atoms with Gasteiger partial charge in [-0.2, -0.15) is 0 Å². The molecule has 0 aromatic heterocycles. The highest BCUT2D eigenvalue weighted by molar-refractivity contribution is 8.00. The Labute approximate surface area is 200 Å². The molecule has 0 aromatic carbocycles. The van der Waals surface area contributed by atoms with Crippen LogP contribution >= 0.6 is 11.8 Å². The number of unbranched alkanes of at least 4 members (excludes halogenated alkanes) is 8. The zero-order chi connectivity index (χ0) is 22.7. The van der Waals surface area contributed by atoms with Crippen LogP contribution in [0.1, 0.15) is 125 Å². The SMILES string of the molecule is CCCCCCCCCCNCC[C@@H](CCCC)C(C)CCN[C@@H]1N[C@H](CC)C(C)S1. The zero-order valence-corrected chi connectivity index (χ0v) is 22.6. The zero-order valence-electron chi connectivity index (χ0n) is 21.8. The minimum atomic E-state index is 0.453. The Morgan fingerprint density at radius 2 is 1.45 bits per heavy atom. The molecule has 0 bridgehead atoms. The molecular formula is C27H57N3S. The van der Waals surface area contributed by atoms with Crippen molar-refractivity contribution in [3.05, 3.63) is 0 Å². The molecule has 0 amide bonds. The van der Waals surface area contributed by atoms with Crippen molar-refractivity contribution in [2.24, 2.45) is 11.8 Å². The molecule has 2 unspecified atom stereocenters. The third-order valence-electron chi connectivity index (χ3n) is 7.28. The van der Waals surface area contributed by atoms with Crippen molar-refractivity contribution in [1.29, 1.82) is 0 Å². The molecule has 1 aliphatic rings. The lowest BCUT2D eigenvalue weighted by atomic mass is 9.84. The standard InChI is InChI=1S/C27H57N3S/c1-6-9-11-12-13-14-15-16-20-28-21-19-25(17-10-7-2)23(4)18-22-29-27-30-26(8-3)24(5)31-27/h23-30H,6-22H2,1-5H3/t23?,24?,25-,26-,27-/m1/s1. The summed E-state index contributed by atoms with van der Waals surface area (Å²) < 4.78 is 0. The second-order valence-corrected chi connectivity index (χ2v) is 11.5. The maximum Gasteiger partial charge on any atom is 0.106 e. The maximum atomic E-state index is 3.77. The molecule has 0 aromatic rings. The largest absolute Gasteiger partial charge is 0.317 e. The van der Waals surface area contributed by atoms with Crippen LogP contribution in [0.15, 0.2) is 0 Å². The quantitative estimate of drug-likeness (QED) is 0.158. The van der Waals surface area contributed by atoms with Crippen molar-refractivity contribution in [2.45, 2.75) is 141 Å². The van der Waals surface area contributed by atoms with Crippen LogP contribution in [0.4, 0.5) is 0 Å². The Bertz CT molecular complexity index is 393. The molecule has 0 saturated carbocycles. The molecule has 1 aliphatic heterocycles. The highest BCUT2D eigenvalue weighted by Gasteiger charge is 2.29. The van der Waals surface area contributed by atoms with Gasteiger partial charge in [0.05, 0.1) is 0 Å². The first-order valence-corrected chi connectivity index (χ1v) is 14.9. The fraction of sp³-hybridized carbons (Fsp3) is 1.00. The lowest BCUT2D eigenvalue weighted by molar-refractivity contribution is 0.283. The predicted octanol–water partition coefficient (Wildman–Crippen LogP) is 7.32. The van der Waals surface area contributed by atoms with Crippen molar-refractivity contribution in [3.63, 3.8) is 0 Å². The average Bonchev–Trinajstić information content (AvgIpc) is 3.13. The fourth-order valence-electron chi connectivity index (χ4n) is 4.89. The number of hydrogen-bond acceptors (Lipinski definition) is 4. The maximum absolute atomic E-state index is 3.77. The van der Waals surface area contributed by atoms with Crippen LogP contribution in [0.5, 0.6) is 0 Å². The van der Waals surface area contributed by atoms with Gasteiger partial charge in [-0.15, -0.1) is 11.8 Å². The van der Waals surface area contributed by atoms with E-state index in [0.29, 0.717) is 11.5 Å². The summed E-state index contributed by atoms with van der Waals surface area (Å²) in [5.41, 5.74) is 0.453. The molecule has 0 aliphatic carbocycles. The van der Waals surface area contributed by atoms with Gasteiger partial charge < -0.3 is 5.32 Å². The summed E-state index contributed by atoms with van der Waals surface area (Å²) in [5, 5.41) is 12.0. The molecule has 186 valence electrons. The van der Waals surface area contributed by atoms with Crippen molar-refractivity contribution in [2.75, 3.05) is 19.6 Å². The van der Waals surface area contributed by atoms with E-state index in [2.05, 4.69) is 62.3 Å². The molecule has 5 atom stereocenters. The Balaban J connectivity index is 2.11. The van der Waals surface area contributed by atoms with Gasteiger partial charge in [0.2, 0.25) is 0 Å². The van der Waals surface area contributed by atoms with E-state index in [1.165, 1.54) is 103 Å². The van der Waals surface area contributed by atoms with Crippen LogP contribution in [-0.4, -0.2) is 36.4 Å². The summed E-state index contributed by atoms with van der Waals surface area (Å²) in [7, 11) is 0. The molecule has 1 rings (SSSR count). The first kappa shape index (κ1) is 29.3. The van der Waals surface area contributed by atoms with Crippen LogP contribution in [0.25, 0.3) is 0 Å². The van der Waals surface area contributed by atoms with E-state index in [4.69, 9.17) is 0 Å². The van der Waals surface area contributed by atoms with Gasteiger partial charge >= 0.3 is 0 Å². The van der Waals surface area contributed by atoms with E-state index in [1.807, 2.05) is 0 Å². The molecule has 1 fully saturated rings. The molecular weight excluding hydrogens is 398 g/mol. The minimum absolute atomic E-state index is 0.453. The van der Waals surface area contributed by atoms with Crippen LogP contribution in [0, 0.1) is 11.8 Å². The topological polar surface area (TPSA) is 36.1 Å². The van der Waals surface area contributed by atoms with Gasteiger partial charge in [0.1, 0.15) is 5.50 Å². The Morgan fingerprint density at radius 1 is 0.774 bits per heavy atom. The molecule has 3 nitrogen and oxygen atoms in total. The van der Waals surface area contributed by atoms with Crippen molar-refractivity contribution in [3.8, 4) is 0 Å². The lowest BCUT2D eigenvalue weighted by Gasteiger charge is -2.25.